The highest BCUT2D eigenvalue weighted by Crippen LogP contribution is 2.54. The quantitative estimate of drug-likeness (QED) is 0.140. The van der Waals surface area contributed by atoms with E-state index < -0.39 is 12.1 Å². The van der Waals surface area contributed by atoms with Crippen LogP contribution >= 0.6 is 31.9 Å². The second kappa shape index (κ2) is 19.1. The smallest absolute Gasteiger partial charge is 0.252 e. The van der Waals surface area contributed by atoms with Crippen molar-refractivity contribution in [2.24, 2.45) is 0 Å². The molecule has 13 rings (SSSR count). The molecule has 2 aliphatic heterocycles. The number of halogens is 2. The minimum absolute atomic E-state index is 0.00559. The summed E-state index contributed by atoms with van der Waals surface area (Å²) in [5.74, 6) is 0. The second-order valence-corrected chi connectivity index (χ2v) is 21.8. The zero-order valence-electron chi connectivity index (χ0n) is 47.5. The summed E-state index contributed by atoms with van der Waals surface area (Å²) in [4.78, 5) is 4.33. The normalized spacial score (nSPS) is 13.6. The van der Waals surface area contributed by atoms with Gasteiger partial charge in [0.1, 0.15) is 0 Å². The molecule has 0 bridgehead atoms. The highest BCUT2D eigenvalue weighted by Gasteiger charge is 2.45. The van der Waals surface area contributed by atoms with Gasteiger partial charge in [0.2, 0.25) is 0 Å². The van der Waals surface area contributed by atoms with E-state index >= 15 is 0 Å². The van der Waals surface area contributed by atoms with E-state index in [1.165, 1.54) is 0 Å². The molecule has 2 aliphatic rings. The van der Waals surface area contributed by atoms with E-state index in [-0.39, 0.29) is 45.2 Å². The molecule has 5 heteroatoms. The topological polar surface area (TPSA) is 6.48 Å². The molecule has 0 spiro atoms. The maximum Gasteiger partial charge on any atom is 0.252 e. The number of rotatable bonds is 8. The van der Waals surface area contributed by atoms with Crippen molar-refractivity contribution < 1.29 is 8.22 Å². The third kappa shape index (κ3) is 8.36. The van der Waals surface area contributed by atoms with E-state index in [9.17, 15) is 8.22 Å². The number of para-hydroxylation sites is 2. The molecule has 0 aromatic heterocycles. The molecule has 75 heavy (non-hydrogen) atoms. The van der Waals surface area contributed by atoms with Gasteiger partial charge in [0.05, 0.1) is 19.6 Å². The van der Waals surface area contributed by atoms with Crippen molar-refractivity contribution in [1.29, 1.82) is 0 Å². The molecule has 2 nitrogen and oxygen atoms in total. The fourth-order valence-corrected chi connectivity index (χ4v) is 11.7. The number of hydrogen-bond donors (Lipinski definition) is 0. The first-order valence-corrected chi connectivity index (χ1v) is 26.8. The summed E-state index contributed by atoms with van der Waals surface area (Å²) >= 11 is 7.39. The largest absolute Gasteiger partial charge is 0.310 e. The maximum atomic E-state index is 10.4. The van der Waals surface area contributed by atoms with Crippen LogP contribution in [-0.2, 0) is 5.41 Å². The number of benzene rings is 11. The first kappa shape index (κ1) is 40.4. The van der Waals surface area contributed by atoms with Gasteiger partial charge in [-0.3, -0.25) is 0 Å². The number of fused-ring (bicyclic) bond motifs is 4. The van der Waals surface area contributed by atoms with Crippen molar-refractivity contribution in [3.63, 3.8) is 0 Å². The van der Waals surface area contributed by atoms with E-state index in [1.807, 2.05) is 72.8 Å². The van der Waals surface area contributed by atoms with Crippen LogP contribution in [-0.4, -0.2) is 6.71 Å². The predicted molar refractivity (Wildman–Crippen MR) is 327 cm³/mol. The van der Waals surface area contributed by atoms with E-state index in [2.05, 4.69) is 208 Å². The van der Waals surface area contributed by atoms with Crippen LogP contribution in [0.15, 0.2) is 264 Å². The molecule has 0 amide bonds. The molecule has 358 valence electrons. The number of anilines is 6. The minimum Gasteiger partial charge on any atom is -0.310 e. The maximum absolute atomic E-state index is 10.4. The third-order valence-corrected chi connectivity index (χ3v) is 15.4. The molecule has 0 saturated carbocycles. The highest BCUT2D eigenvalue weighted by atomic mass is 79.9. The Bertz CT molecular complexity index is 4060. The fraction of sp³-hybridized carbons (Fsp3) is 0.0571. The molecule has 11 aromatic rings. The van der Waals surface area contributed by atoms with Crippen LogP contribution < -0.4 is 26.2 Å². The summed E-state index contributed by atoms with van der Waals surface area (Å²) in [5.41, 5.74) is 17.1. The third-order valence-electron chi connectivity index (χ3n) is 14.6. The van der Waals surface area contributed by atoms with Crippen LogP contribution in [0.4, 0.5) is 34.1 Å². The van der Waals surface area contributed by atoms with Gasteiger partial charge < -0.3 is 9.80 Å². The molecular formula is C70H51BBr2N2. The van der Waals surface area contributed by atoms with Gasteiger partial charge in [-0.25, -0.2) is 0 Å². The Morgan fingerprint density at radius 2 is 0.693 bits per heavy atom. The average molecular weight is 1100 g/mol. The second-order valence-electron chi connectivity index (χ2n) is 20.2. The van der Waals surface area contributed by atoms with Gasteiger partial charge in [-0.15, -0.1) is 0 Å². The van der Waals surface area contributed by atoms with Crippen molar-refractivity contribution in [2.45, 2.75) is 26.2 Å². The van der Waals surface area contributed by atoms with E-state index in [4.69, 9.17) is 0 Å². The molecule has 0 saturated heterocycles. The van der Waals surface area contributed by atoms with E-state index in [1.54, 1.807) is 0 Å². The Kier molecular flexibility index (Phi) is 10.3. The van der Waals surface area contributed by atoms with Gasteiger partial charge in [-0.2, -0.15) is 0 Å². The Labute approximate surface area is 466 Å². The Balaban J connectivity index is 1.22. The van der Waals surface area contributed by atoms with Gasteiger partial charge in [0.15, 0.2) is 0 Å². The summed E-state index contributed by atoms with van der Waals surface area (Å²) in [7, 11) is 0. The lowest BCUT2D eigenvalue weighted by atomic mass is 9.33. The zero-order valence-corrected chi connectivity index (χ0v) is 44.7. The summed E-state index contributed by atoms with van der Waals surface area (Å²) in [5, 5.41) is 0. The molecule has 0 N–H and O–H groups in total. The van der Waals surface area contributed by atoms with Crippen molar-refractivity contribution in [3.8, 4) is 66.8 Å². The minimum atomic E-state index is -0.980. The number of nitrogens with zero attached hydrogens (tertiary/aromatic N) is 2. The lowest BCUT2D eigenvalue weighted by molar-refractivity contribution is 0.590. The first-order chi connectivity index (χ1) is 39.2. The van der Waals surface area contributed by atoms with Crippen LogP contribution in [0.25, 0.3) is 66.8 Å². The summed E-state index contributed by atoms with van der Waals surface area (Å²) in [6, 6.07) is 74.7. The van der Waals surface area contributed by atoms with Crippen LogP contribution in [0.2, 0.25) is 0 Å². The van der Waals surface area contributed by atoms with Gasteiger partial charge in [0.25, 0.3) is 6.71 Å². The van der Waals surface area contributed by atoms with Crippen molar-refractivity contribution in [3.05, 3.63) is 269 Å². The fourth-order valence-electron chi connectivity index (χ4n) is 11.1. The standard InChI is InChI=1S/C70H51BBr2N2/c1-70(2,3)54-42-65-67-66(43-54)75(69-58(49-26-14-7-15-27-49)33-19-35-60(69)53-31-17-29-51(41-53)47-22-10-5-11-23-47)64-45-56(73)37-39-62(64)71(67)61-38-36-55(72)44-63(61)74(65)68-57(48-24-12-6-13-25-48)32-18-34-59(68)52-30-16-28-50(40-52)46-20-8-4-9-21-46/h4-45H,1-3H3/i36D,37D,38D,39D,44D,45D. The molecule has 0 aliphatic carbocycles. The Morgan fingerprint density at radius 3 is 1.08 bits per heavy atom. The van der Waals surface area contributed by atoms with Crippen LogP contribution in [0.1, 0.15) is 34.6 Å². The van der Waals surface area contributed by atoms with Crippen LogP contribution in [0, 0.1) is 0 Å². The predicted octanol–water partition coefficient (Wildman–Crippen LogP) is 18.6. The van der Waals surface area contributed by atoms with Crippen LogP contribution in [0.3, 0.4) is 0 Å². The lowest BCUT2D eigenvalue weighted by Gasteiger charge is -2.46. The molecule has 2 heterocycles. The molecule has 0 atom stereocenters. The van der Waals surface area contributed by atoms with Crippen molar-refractivity contribution in [1.82, 2.24) is 0 Å². The molecule has 0 unspecified atom stereocenters. The molecule has 0 radical (unpaired) electrons. The van der Waals surface area contributed by atoms with Crippen molar-refractivity contribution in [2.75, 3.05) is 9.80 Å². The van der Waals surface area contributed by atoms with E-state index in [0.29, 0.717) is 22.3 Å². The average Bonchev–Trinajstić information content (AvgIpc) is 1.79. The summed E-state index contributed by atoms with van der Waals surface area (Å²) in [6.45, 7) is 5.60. The number of hydrogen-bond acceptors (Lipinski definition) is 2. The first-order valence-electron chi connectivity index (χ1n) is 28.3. The Hall–Kier alpha value is -7.96. The molecule has 11 aromatic carbocycles. The van der Waals surface area contributed by atoms with Crippen LogP contribution in [0.5, 0.6) is 0 Å². The monoisotopic (exact) mass is 1090 g/mol. The van der Waals surface area contributed by atoms with Gasteiger partial charge in [0, 0.05) is 53.9 Å². The zero-order chi connectivity index (χ0) is 56.0. The van der Waals surface area contributed by atoms with Crippen molar-refractivity contribution >= 4 is 89.1 Å². The summed E-state index contributed by atoms with van der Waals surface area (Å²) in [6.07, 6.45) is 0. The molecular weight excluding hydrogens is 1040 g/mol. The molecule has 0 fully saturated rings. The lowest BCUT2D eigenvalue weighted by Crippen LogP contribution is -2.61. The highest BCUT2D eigenvalue weighted by molar-refractivity contribution is 9.10. The SMILES string of the molecule is [2H]c1c([2H])c2c(c([2H])c1Br)N(c1c(-c3ccccc3)cccc1-c1cccc(-c3ccccc3)c1)c1cc(C(C)(C)C)cc3c1B2c1c([2H])c([2H])c(Br)c([2H])c1N3c1c(-c2ccccc2)cccc1-c1cccc(-c2ccccc2)c1. The van der Waals surface area contributed by atoms with Gasteiger partial charge in [-0.1, -0.05) is 259 Å². The van der Waals surface area contributed by atoms with E-state index in [0.717, 1.165) is 101 Å². The Morgan fingerprint density at radius 1 is 0.360 bits per heavy atom. The van der Waals surface area contributed by atoms with Gasteiger partial charge in [-0.05, 0) is 120 Å². The van der Waals surface area contributed by atoms with Gasteiger partial charge >= 0.3 is 0 Å². The summed E-state index contributed by atoms with van der Waals surface area (Å²) < 4.78 is 60.9.